The van der Waals surface area contributed by atoms with Crippen LogP contribution in [0.25, 0.3) is 22.6 Å². The Hall–Kier alpha value is -4.20. The number of anilines is 2. The molecule has 0 aliphatic heterocycles. The summed E-state index contributed by atoms with van der Waals surface area (Å²) in [5.74, 6) is 1.42. The fourth-order valence-electron chi connectivity index (χ4n) is 3.45. The Kier molecular flexibility index (Phi) is 6.08. The van der Waals surface area contributed by atoms with Crippen LogP contribution in [0.3, 0.4) is 0 Å². The zero-order valence-corrected chi connectivity index (χ0v) is 19.1. The van der Waals surface area contributed by atoms with E-state index in [2.05, 4.69) is 10.3 Å². The van der Waals surface area contributed by atoms with Crippen LogP contribution < -0.4 is 24.4 Å². The molecular formula is C25H25N3O5. The first-order valence-electron chi connectivity index (χ1n) is 10.2. The number of nitrogens with zero attached hydrogens (tertiary/aromatic N) is 2. The second-order valence-corrected chi connectivity index (χ2v) is 7.51. The number of benzene rings is 3. The van der Waals surface area contributed by atoms with Gasteiger partial charge in [-0.1, -0.05) is 0 Å². The molecule has 4 rings (SSSR count). The number of aromatic nitrogens is 1. The number of ether oxygens (including phenoxy) is 3. The molecule has 1 heterocycles. The van der Waals surface area contributed by atoms with Crippen LogP contribution >= 0.6 is 0 Å². The van der Waals surface area contributed by atoms with E-state index in [-0.39, 0.29) is 5.91 Å². The molecule has 0 saturated heterocycles. The van der Waals surface area contributed by atoms with E-state index < -0.39 is 0 Å². The predicted molar refractivity (Wildman–Crippen MR) is 128 cm³/mol. The quantitative estimate of drug-likeness (QED) is 0.434. The predicted octanol–water partition coefficient (Wildman–Crippen LogP) is 4.84. The minimum absolute atomic E-state index is 0.323. The van der Waals surface area contributed by atoms with Gasteiger partial charge in [-0.15, -0.1) is 0 Å². The van der Waals surface area contributed by atoms with Gasteiger partial charge in [-0.05, 0) is 54.6 Å². The molecule has 8 nitrogen and oxygen atoms in total. The zero-order chi connectivity index (χ0) is 23.5. The molecule has 170 valence electrons. The summed E-state index contributed by atoms with van der Waals surface area (Å²) >= 11 is 0. The van der Waals surface area contributed by atoms with Crippen molar-refractivity contribution >= 4 is 28.4 Å². The van der Waals surface area contributed by atoms with Crippen molar-refractivity contribution in [2.75, 3.05) is 45.6 Å². The number of oxazole rings is 1. The molecule has 0 fully saturated rings. The van der Waals surface area contributed by atoms with Crippen LogP contribution in [0.5, 0.6) is 17.2 Å². The van der Waals surface area contributed by atoms with Gasteiger partial charge in [0.25, 0.3) is 5.91 Å². The van der Waals surface area contributed by atoms with Crippen molar-refractivity contribution < 1.29 is 23.4 Å². The van der Waals surface area contributed by atoms with Gasteiger partial charge in [0.05, 0.1) is 21.3 Å². The molecule has 0 unspecified atom stereocenters. The van der Waals surface area contributed by atoms with Crippen molar-refractivity contribution in [1.82, 2.24) is 4.98 Å². The maximum Gasteiger partial charge on any atom is 0.255 e. The molecule has 0 saturated carbocycles. The summed E-state index contributed by atoms with van der Waals surface area (Å²) in [6, 6.07) is 16.5. The Labute approximate surface area is 191 Å². The number of fused-ring (bicyclic) bond motifs is 1. The van der Waals surface area contributed by atoms with Gasteiger partial charge < -0.3 is 28.8 Å². The van der Waals surface area contributed by atoms with Gasteiger partial charge in [-0.3, -0.25) is 4.79 Å². The van der Waals surface area contributed by atoms with Crippen LogP contribution in [0.15, 0.2) is 59.0 Å². The molecule has 33 heavy (non-hydrogen) atoms. The minimum atomic E-state index is -0.323. The summed E-state index contributed by atoms with van der Waals surface area (Å²) in [5, 5.41) is 2.88. The SMILES string of the molecule is COc1cc(C(=O)Nc2ccc3oc(-c4ccc(N(C)C)cc4)nc3c2)cc(OC)c1OC. The number of amides is 1. The standard InChI is InChI=1S/C25H25N3O5/c1-28(2)18-9-6-15(7-10-18)25-27-19-14-17(8-11-20(19)33-25)26-24(29)16-12-21(30-3)23(32-5)22(13-16)31-4/h6-14H,1-5H3,(H,26,29). The van der Waals surface area contributed by atoms with Crippen LogP contribution in [0.1, 0.15) is 10.4 Å². The number of hydrogen-bond donors (Lipinski definition) is 1. The van der Waals surface area contributed by atoms with Crippen molar-refractivity contribution in [3.05, 3.63) is 60.2 Å². The van der Waals surface area contributed by atoms with Crippen molar-refractivity contribution in [3.63, 3.8) is 0 Å². The lowest BCUT2D eigenvalue weighted by Gasteiger charge is -2.14. The molecule has 0 spiro atoms. The van der Waals surface area contributed by atoms with Gasteiger partial charge >= 0.3 is 0 Å². The fraction of sp³-hybridized carbons (Fsp3) is 0.200. The van der Waals surface area contributed by atoms with Gasteiger partial charge in [-0.2, -0.15) is 0 Å². The second kappa shape index (κ2) is 9.12. The molecule has 0 radical (unpaired) electrons. The van der Waals surface area contributed by atoms with E-state index in [1.54, 1.807) is 30.3 Å². The van der Waals surface area contributed by atoms with Gasteiger partial charge in [0.1, 0.15) is 5.52 Å². The van der Waals surface area contributed by atoms with Crippen LogP contribution in [-0.4, -0.2) is 46.3 Å². The monoisotopic (exact) mass is 447 g/mol. The first kappa shape index (κ1) is 22.0. The highest BCUT2D eigenvalue weighted by Crippen LogP contribution is 2.38. The smallest absolute Gasteiger partial charge is 0.255 e. The van der Waals surface area contributed by atoms with Crippen molar-refractivity contribution in [1.29, 1.82) is 0 Å². The minimum Gasteiger partial charge on any atom is -0.493 e. The third kappa shape index (κ3) is 4.41. The Morgan fingerprint density at radius 2 is 1.58 bits per heavy atom. The Bertz CT molecular complexity index is 1270. The normalized spacial score (nSPS) is 10.7. The average molecular weight is 447 g/mol. The molecule has 8 heteroatoms. The highest BCUT2D eigenvalue weighted by Gasteiger charge is 2.18. The third-order valence-corrected chi connectivity index (χ3v) is 5.20. The first-order chi connectivity index (χ1) is 15.9. The lowest BCUT2D eigenvalue weighted by molar-refractivity contribution is 0.102. The van der Waals surface area contributed by atoms with Crippen LogP contribution in [0, 0.1) is 0 Å². The van der Waals surface area contributed by atoms with E-state index in [0.29, 0.717) is 45.5 Å². The molecule has 0 bridgehead atoms. The van der Waals surface area contributed by atoms with Crippen molar-refractivity contribution in [2.45, 2.75) is 0 Å². The number of hydrogen-bond acceptors (Lipinski definition) is 7. The Balaban J connectivity index is 1.59. The lowest BCUT2D eigenvalue weighted by atomic mass is 10.1. The fourth-order valence-corrected chi connectivity index (χ4v) is 3.45. The lowest BCUT2D eigenvalue weighted by Crippen LogP contribution is -2.12. The molecule has 1 amide bonds. The highest BCUT2D eigenvalue weighted by molar-refractivity contribution is 6.05. The Morgan fingerprint density at radius 3 is 2.15 bits per heavy atom. The van der Waals surface area contributed by atoms with Crippen LogP contribution in [0.2, 0.25) is 0 Å². The van der Waals surface area contributed by atoms with E-state index >= 15 is 0 Å². The molecule has 0 aliphatic rings. The summed E-state index contributed by atoms with van der Waals surface area (Å²) in [4.78, 5) is 19.5. The molecule has 0 atom stereocenters. The summed E-state index contributed by atoms with van der Waals surface area (Å²) in [7, 11) is 8.50. The largest absolute Gasteiger partial charge is 0.493 e. The second-order valence-electron chi connectivity index (χ2n) is 7.51. The first-order valence-corrected chi connectivity index (χ1v) is 10.2. The van der Waals surface area contributed by atoms with Crippen molar-refractivity contribution in [2.24, 2.45) is 0 Å². The van der Waals surface area contributed by atoms with E-state index in [0.717, 1.165) is 11.3 Å². The summed E-state index contributed by atoms with van der Waals surface area (Å²) < 4.78 is 21.9. The van der Waals surface area contributed by atoms with E-state index in [1.165, 1.54) is 21.3 Å². The van der Waals surface area contributed by atoms with E-state index in [4.69, 9.17) is 18.6 Å². The molecule has 1 N–H and O–H groups in total. The van der Waals surface area contributed by atoms with Crippen LogP contribution in [0.4, 0.5) is 11.4 Å². The topological polar surface area (TPSA) is 86.1 Å². The molecule has 0 aliphatic carbocycles. The maximum absolute atomic E-state index is 12.9. The zero-order valence-electron chi connectivity index (χ0n) is 19.1. The number of carbonyl (C=O) groups excluding carboxylic acids is 1. The maximum atomic E-state index is 12.9. The number of nitrogens with one attached hydrogen (secondary N) is 1. The van der Waals surface area contributed by atoms with Gasteiger partial charge in [0, 0.05) is 36.6 Å². The van der Waals surface area contributed by atoms with Gasteiger partial charge in [0.15, 0.2) is 17.1 Å². The van der Waals surface area contributed by atoms with E-state index in [1.807, 2.05) is 43.3 Å². The number of rotatable bonds is 7. The summed E-state index contributed by atoms with van der Waals surface area (Å²) in [5.41, 5.74) is 4.19. The highest BCUT2D eigenvalue weighted by atomic mass is 16.5. The summed E-state index contributed by atoms with van der Waals surface area (Å²) in [6.45, 7) is 0. The van der Waals surface area contributed by atoms with E-state index in [9.17, 15) is 4.79 Å². The van der Waals surface area contributed by atoms with Gasteiger partial charge in [0.2, 0.25) is 11.6 Å². The van der Waals surface area contributed by atoms with Crippen molar-refractivity contribution in [3.8, 4) is 28.7 Å². The molecular weight excluding hydrogens is 422 g/mol. The molecule has 4 aromatic rings. The Morgan fingerprint density at radius 1 is 0.909 bits per heavy atom. The van der Waals surface area contributed by atoms with Crippen LogP contribution in [-0.2, 0) is 0 Å². The average Bonchev–Trinajstić information content (AvgIpc) is 3.26. The van der Waals surface area contributed by atoms with Gasteiger partial charge in [-0.25, -0.2) is 4.98 Å². The number of methoxy groups -OCH3 is 3. The molecule has 1 aromatic heterocycles. The third-order valence-electron chi connectivity index (χ3n) is 5.20. The molecule has 3 aromatic carbocycles. The summed E-state index contributed by atoms with van der Waals surface area (Å²) in [6.07, 6.45) is 0. The number of carbonyl (C=O) groups is 1.